The molecule has 0 aliphatic carbocycles. The zero-order valence-electron chi connectivity index (χ0n) is 10.4. The molecular weight excluding hydrogens is 240 g/mol. The fraction of sp³-hybridized carbons (Fsp3) is 0.143. The number of anilines is 1. The lowest BCUT2D eigenvalue weighted by Gasteiger charge is -2.03. The number of rotatable bonds is 4. The normalized spacial score (nSPS) is 10.7. The van der Waals surface area contributed by atoms with Crippen LogP contribution < -0.4 is 10.5 Å². The lowest BCUT2D eigenvalue weighted by molar-refractivity contribution is 0.309. The summed E-state index contributed by atoms with van der Waals surface area (Å²) in [7, 11) is 0. The molecule has 5 nitrogen and oxygen atoms in total. The molecule has 0 spiro atoms. The fourth-order valence-electron chi connectivity index (χ4n) is 1.91. The van der Waals surface area contributed by atoms with Crippen molar-refractivity contribution in [2.24, 2.45) is 0 Å². The van der Waals surface area contributed by atoms with Crippen molar-refractivity contribution in [2.75, 3.05) is 12.3 Å². The van der Waals surface area contributed by atoms with Crippen LogP contribution in [0.15, 0.2) is 48.9 Å². The highest BCUT2D eigenvalue weighted by Gasteiger charge is 2.09. The highest BCUT2D eigenvalue weighted by atomic mass is 16.5. The Balaban J connectivity index is 1.70. The lowest BCUT2D eigenvalue weighted by atomic mass is 10.2. The number of nitrogen functional groups attached to an aromatic ring is 1. The molecule has 0 amide bonds. The number of hydrogen-bond acceptors (Lipinski definition) is 4. The molecule has 0 aromatic carbocycles. The Morgan fingerprint density at radius 3 is 2.95 bits per heavy atom. The fourth-order valence-corrected chi connectivity index (χ4v) is 1.91. The molecule has 0 bridgehead atoms. The van der Waals surface area contributed by atoms with Crippen molar-refractivity contribution < 1.29 is 4.74 Å². The van der Waals surface area contributed by atoms with Gasteiger partial charge in [0.25, 0.3) is 5.88 Å². The molecule has 3 aromatic heterocycles. The van der Waals surface area contributed by atoms with E-state index in [0.29, 0.717) is 18.2 Å². The Kier molecular flexibility index (Phi) is 3.02. The standard InChI is InChI=1S/C14H14N4O/c15-13-12-5-1-2-8-18(12)17-14(13)19-9-6-11-4-3-7-16-10-11/h1-5,7-8,10H,6,9,15H2. The third-order valence-electron chi connectivity index (χ3n) is 2.90. The number of ether oxygens (including phenoxy) is 1. The summed E-state index contributed by atoms with van der Waals surface area (Å²) >= 11 is 0. The molecule has 0 radical (unpaired) electrons. The monoisotopic (exact) mass is 254 g/mol. The van der Waals surface area contributed by atoms with Gasteiger partial charge in [-0.2, -0.15) is 0 Å². The van der Waals surface area contributed by atoms with E-state index in [1.54, 1.807) is 10.7 Å². The maximum atomic E-state index is 6.00. The van der Waals surface area contributed by atoms with Gasteiger partial charge in [-0.1, -0.05) is 12.1 Å². The SMILES string of the molecule is Nc1c(OCCc2cccnc2)nn2ccccc12. The molecule has 0 saturated carbocycles. The van der Waals surface area contributed by atoms with Crippen molar-refractivity contribution in [3.63, 3.8) is 0 Å². The van der Waals surface area contributed by atoms with Crippen LogP contribution in [0.5, 0.6) is 5.88 Å². The van der Waals surface area contributed by atoms with Gasteiger partial charge in [-0.05, 0) is 23.8 Å². The third kappa shape index (κ3) is 2.35. The van der Waals surface area contributed by atoms with Gasteiger partial charge >= 0.3 is 0 Å². The van der Waals surface area contributed by atoms with Gasteiger partial charge in [-0.25, -0.2) is 4.52 Å². The van der Waals surface area contributed by atoms with Crippen LogP contribution >= 0.6 is 0 Å². The zero-order valence-corrected chi connectivity index (χ0v) is 10.4. The predicted octanol–water partition coefficient (Wildman–Crippen LogP) is 1.93. The first-order chi connectivity index (χ1) is 9.34. The van der Waals surface area contributed by atoms with E-state index >= 15 is 0 Å². The molecule has 0 unspecified atom stereocenters. The molecule has 3 aromatic rings. The van der Waals surface area contributed by atoms with Crippen molar-refractivity contribution in [1.82, 2.24) is 14.6 Å². The Morgan fingerprint density at radius 2 is 2.16 bits per heavy atom. The minimum Gasteiger partial charge on any atom is -0.475 e. The highest BCUT2D eigenvalue weighted by molar-refractivity contribution is 5.74. The minimum absolute atomic E-state index is 0.482. The quantitative estimate of drug-likeness (QED) is 0.772. The summed E-state index contributed by atoms with van der Waals surface area (Å²) in [5, 5.41) is 4.30. The second kappa shape index (κ2) is 4.97. The second-order valence-electron chi connectivity index (χ2n) is 4.21. The first-order valence-corrected chi connectivity index (χ1v) is 6.09. The first-order valence-electron chi connectivity index (χ1n) is 6.09. The van der Waals surface area contributed by atoms with E-state index in [2.05, 4.69) is 10.1 Å². The van der Waals surface area contributed by atoms with Crippen LogP contribution in [0.2, 0.25) is 0 Å². The molecule has 0 atom stereocenters. The predicted molar refractivity (Wildman–Crippen MR) is 73.0 cm³/mol. The molecular formula is C14H14N4O. The smallest absolute Gasteiger partial charge is 0.257 e. The minimum atomic E-state index is 0.482. The largest absolute Gasteiger partial charge is 0.475 e. The number of nitrogens with zero attached hydrogens (tertiary/aromatic N) is 3. The topological polar surface area (TPSA) is 65.4 Å². The molecule has 0 saturated heterocycles. The van der Waals surface area contributed by atoms with Crippen LogP contribution in [0, 0.1) is 0 Å². The number of nitrogens with two attached hydrogens (primary N) is 1. The molecule has 0 aliphatic rings. The maximum Gasteiger partial charge on any atom is 0.257 e. The van der Waals surface area contributed by atoms with Crippen molar-refractivity contribution in [3.05, 3.63) is 54.5 Å². The average molecular weight is 254 g/mol. The number of aromatic nitrogens is 3. The van der Waals surface area contributed by atoms with Gasteiger partial charge in [-0.15, -0.1) is 5.10 Å². The van der Waals surface area contributed by atoms with E-state index in [9.17, 15) is 0 Å². The third-order valence-corrected chi connectivity index (χ3v) is 2.90. The molecule has 0 fully saturated rings. The Hall–Kier alpha value is -2.56. The van der Waals surface area contributed by atoms with Crippen LogP contribution in [-0.4, -0.2) is 21.2 Å². The second-order valence-corrected chi connectivity index (χ2v) is 4.21. The highest BCUT2D eigenvalue weighted by Crippen LogP contribution is 2.24. The summed E-state index contributed by atoms with van der Waals surface area (Å²) in [6.45, 7) is 0.528. The molecule has 96 valence electrons. The van der Waals surface area contributed by atoms with Gasteiger partial charge in [0.15, 0.2) is 0 Å². The molecule has 19 heavy (non-hydrogen) atoms. The van der Waals surface area contributed by atoms with E-state index < -0.39 is 0 Å². The van der Waals surface area contributed by atoms with Gasteiger partial charge in [-0.3, -0.25) is 4.98 Å². The van der Waals surface area contributed by atoms with Gasteiger partial charge < -0.3 is 10.5 Å². The Morgan fingerprint density at radius 1 is 1.21 bits per heavy atom. The summed E-state index contributed by atoms with van der Waals surface area (Å²) in [5.74, 6) is 0.482. The first kappa shape index (κ1) is 11.5. The molecule has 3 rings (SSSR count). The maximum absolute atomic E-state index is 6.00. The van der Waals surface area contributed by atoms with Crippen LogP contribution in [-0.2, 0) is 6.42 Å². The number of hydrogen-bond donors (Lipinski definition) is 1. The van der Waals surface area contributed by atoms with E-state index in [1.165, 1.54) is 0 Å². The zero-order chi connectivity index (χ0) is 13.1. The van der Waals surface area contributed by atoms with Crippen LogP contribution in [0.4, 0.5) is 5.69 Å². The van der Waals surface area contributed by atoms with Gasteiger partial charge in [0.1, 0.15) is 5.69 Å². The van der Waals surface area contributed by atoms with Crippen LogP contribution in [0.25, 0.3) is 5.52 Å². The van der Waals surface area contributed by atoms with Gasteiger partial charge in [0.2, 0.25) is 0 Å². The van der Waals surface area contributed by atoms with E-state index in [0.717, 1.165) is 17.5 Å². The lowest BCUT2D eigenvalue weighted by Crippen LogP contribution is -2.03. The summed E-state index contributed by atoms with van der Waals surface area (Å²) in [5.41, 5.74) is 8.56. The Bertz CT molecular complexity index is 678. The van der Waals surface area contributed by atoms with E-state index in [-0.39, 0.29) is 0 Å². The molecule has 0 aliphatic heterocycles. The van der Waals surface area contributed by atoms with Crippen LogP contribution in [0.3, 0.4) is 0 Å². The summed E-state index contributed by atoms with van der Waals surface area (Å²) in [6, 6.07) is 9.67. The van der Waals surface area contributed by atoms with Gasteiger partial charge in [0.05, 0.1) is 12.1 Å². The van der Waals surface area contributed by atoms with E-state index in [4.69, 9.17) is 10.5 Å². The summed E-state index contributed by atoms with van der Waals surface area (Å²) in [4.78, 5) is 4.06. The molecule has 3 heterocycles. The summed E-state index contributed by atoms with van der Waals surface area (Å²) < 4.78 is 7.36. The van der Waals surface area contributed by atoms with Gasteiger partial charge in [0, 0.05) is 25.0 Å². The number of pyridine rings is 2. The Labute approximate surface area is 110 Å². The van der Waals surface area contributed by atoms with Crippen LogP contribution in [0.1, 0.15) is 5.56 Å². The number of fused-ring (bicyclic) bond motifs is 1. The average Bonchev–Trinajstić information content (AvgIpc) is 2.78. The molecule has 2 N–H and O–H groups in total. The van der Waals surface area contributed by atoms with Crippen molar-refractivity contribution in [3.8, 4) is 5.88 Å². The summed E-state index contributed by atoms with van der Waals surface area (Å²) in [6.07, 6.45) is 6.21. The molecule has 5 heteroatoms. The van der Waals surface area contributed by atoms with Crippen molar-refractivity contribution in [2.45, 2.75) is 6.42 Å². The van der Waals surface area contributed by atoms with Crippen molar-refractivity contribution in [1.29, 1.82) is 0 Å². The van der Waals surface area contributed by atoms with E-state index in [1.807, 2.05) is 42.7 Å². The van der Waals surface area contributed by atoms with Crippen molar-refractivity contribution >= 4 is 11.2 Å².